The van der Waals surface area contributed by atoms with Gasteiger partial charge in [-0.1, -0.05) is 54.1 Å². The molecule has 2 aromatic carbocycles. The van der Waals surface area contributed by atoms with Gasteiger partial charge in [0.2, 0.25) is 7.37 Å². The first-order valence-electron chi connectivity index (χ1n) is 9.63. The van der Waals surface area contributed by atoms with Crippen LogP contribution in [0.2, 0.25) is 5.02 Å². The fourth-order valence-corrected chi connectivity index (χ4v) is 6.94. The van der Waals surface area contributed by atoms with Crippen LogP contribution in [-0.4, -0.2) is 18.0 Å². The van der Waals surface area contributed by atoms with Crippen molar-refractivity contribution in [2.45, 2.75) is 31.4 Å². The summed E-state index contributed by atoms with van der Waals surface area (Å²) >= 11 is 6.15. The average molecular weight is 452 g/mol. The van der Waals surface area contributed by atoms with E-state index in [2.05, 4.69) is 11.9 Å². The number of nitrogens with one attached hydrogen (secondary N) is 1. The number of halogens is 2. The minimum Gasteiger partial charge on any atom is -0.445 e. The van der Waals surface area contributed by atoms with Crippen LogP contribution < -0.4 is 5.32 Å². The Morgan fingerprint density at radius 3 is 2.67 bits per heavy atom. The maximum Gasteiger partial charge on any atom is 0.408 e. The lowest BCUT2D eigenvalue weighted by molar-refractivity contribution is 0.136. The second-order valence-electron chi connectivity index (χ2n) is 7.11. The van der Waals surface area contributed by atoms with E-state index in [4.69, 9.17) is 20.9 Å². The molecule has 0 aliphatic heterocycles. The second-order valence-corrected chi connectivity index (χ2v) is 10.2. The van der Waals surface area contributed by atoms with E-state index >= 15 is 0 Å². The number of alkyl carbamates (subject to hydrolysis) is 1. The van der Waals surface area contributed by atoms with E-state index in [1.807, 2.05) is 30.3 Å². The topological polar surface area (TPSA) is 64.6 Å². The highest BCUT2D eigenvalue weighted by molar-refractivity contribution is 7.60. The molecular formula is C22H24ClFNO4P. The Morgan fingerprint density at radius 1 is 1.33 bits per heavy atom. The van der Waals surface area contributed by atoms with Crippen LogP contribution in [0.5, 0.6) is 0 Å². The number of amides is 1. The van der Waals surface area contributed by atoms with E-state index in [1.165, 1.54) is 18.2 Å². The summed E-state index contributed by atoms with van der Waals surface area (Å²) in [5, 5.41) is 1.69. The molecule has 8 heteroatoms. The van der Waals surface area contributed by atoms with Crippen LogP contribution in [0.1, 0.15) is 24.5 Å². The number of ether oxygens (including phenoxy) is 1. The SMILES string of the molecule is C=CC1CC1(NC(=O)OCc1ccccc1)P(=O)(Cc1c(F)cccc1Cl)OCC. The van der Waals surface area contributed by atoms with E-state index in [-0.39, 0.29) is 35.9 Å². The molecule has 30 heavy (non-hydrogen) atoms. The van der Waals surface area contributed by atoms with Gasteiger partial charge in [0, 0.05) is 16.5 Å². The van der Waals surface area contributed by atoms with Gasteiger partial charge in [0.15, 0.2) is 0 Å². The van der Waals surface area contributed by atoms with Gasteiger partial charge in [-0.3, -0.25) is 4.57 Å². The third kappa shape index (κ3) is 4.61. The molecule has 0 bridgehead atoms. The molecule has 1 fully saturated rings. The first kappa shape index (κ1) is 22.5. The highest BCUT2D eigenvalue weighted by atomic mass is 35.5. The first-order chi connectivity index (χ1) is 14.3. The minimum atomic E-state index is -3.62. The molecule has 5 nitrogen and oxygen atoms in total. The maximum atomic E-state index is 14.4. The molecule has 1 aliphatic carbocycles. The third-order valence-electron chi connectivity index (χ3n) is 5.17. The number of rotatable bonds is 9. The lowest BCUT2D eigenvalue weighted by Crippen LogP contribution is -2.39. The smallest absolute Gasteiger partial charge is 0.408 e. The fourth-order valence-electron chi connectivity index (χ4n) is 3.51. The number of carbonyl (C=O) groups is 1. The summed E-state index contributed by atoms with van der Waals surface area (Å²) < 4.78 is 39.4. The van der Waals surface area contributed by atoms with Crippen molar-refractivity contribution in [2.24, 2.45) is 5.92 Å². The fraction of sp³-hybridized carbons (Fsp3) is 0.318. The Labute approximate surface area is 180 Å². The van der Waals surface area contributed by atoms with Gasteiger partial charge in [-0.15, -0.1) is 6.58 Å². The largest absolute Gasteiger partial charge is 0.445 e. The predicted molar refractivity (Wildman–Crippen MR) is 115 cm³/mol. The molecule has 1 N–H and O–H groups in total. The first-order valence-corrected chi connectivity index (χ1v) is 11.8. The van der Waals surface area contributed by atoms with Gasteiger partial charge in [-0.05, 0) is 31.0 Å². The number of carbonyl (C=O) groups excluding carboxylic acids is 1. The van der Waals surface area contributed by atoms with Crippen molar-refractivity contribution in [1.29, 1.82) is 0 Å². The summed E-state index contributed by atoms with van der Waals surface area (Å²) in [6.45, 7) is 5.67. The Kier molecular flexibility index (Phi) is 7.02. The molecule has 0 saturated heterocycles. The zero-order chi connectivity index (χ0) is 21.8. The Morgan fingerprint density at radius 2 is 2.07 bits per heavy atom. The summed E-state index contributed by atoms with van der Waals surface area (Å²) in [5.41, 5.74) is 0.924. The summed E-state index contributed by atoms with van der Waals surface area (Å²) in [6, 6.07) is 13.5. The van der Waals surface area contributed by atoms with Crippen LogP contribution in [0.15, 0.2) is 61.2 Å². The van der Waals surface area contributed by atoms with Crippen molar-refractivity contribution in [1.82, 2.24) is 5.32 Å². The van der Waals surface area contributed by atoms with E-state index in [9.17, 15) is 13.8 Å². The molecule has 3 atom stereocenters. The van der Waals surface area contributed by atoms with Crippen LogP contribution in [0.25, 0.3) is 0 Å². The van der Waals surface area contributed by atoms with E-state index in [1.54, 1.807) is 13.0 Å². The van der Waals surface area contributed by atoms with Gasteiger partial charge in [-0.2, -0.15) is 0 Å². The highest BCUT2D eigenvalue weighted by Gasteiger charge is 2.66. The molecule has 0 spiro atoms. The molecule has 160 valence electrons. The summed E-state index contributed by atoms with van der Waals surface area (Å²) in [4.78, 5) is 12.5. The number of benzene rings is 2. The number of hydrogen-bond acceptors (Lipinski definition) is 4. The molecule has 3 unspecified atom stereocenters. The highest BCUT2D eigenvalue weighted by Crippen LogP contribution is 2.73. The van der Waals surface area contributed by atoms with Gasteiger partial charge in [0.05, 0.1) is 12.8 Å². The quantitative estimate of drug-likeness (QED) is 0.368. The van der Waals surface area contributed by atoms with Crippen LogP contribution in [0, 0.1) is 11.7 Å². The lowest BCUT2D eigenvalue weighted by atomic mass is 10.2. The van der Waals surface area contributed by atoms with Crippen molar-refractivity contribution in [3.63, 3.8) is 0 Å². The molecule has 2 aromatic rings. The monoisotopic (exact) mass is 451 g/mol. The minimum absolute atomic E-state index is 0.0690. The van der Waals surface area contributed by atoms with Crippen molar-refractivity contribution in [2.75, 3.05) is 6.61 Å². The zero-order valence-electron chi connectivity index (χ0n) is 16.6. The molecular weight excluding hydrogens is 428 g/mol. The van der Waals surface area contributed by atoms with Crippen molar-refractivity contribution < 1.29 is 23.0 Å². The van der Waals surface area contributed by atoms with Gasteiger partial charge in [0.1, 0.15) is 17.7 Å². The van der Waals surface area contributed by atoms with Gasteiger partial charge >= 0.3 is 6.09 Å². The molecule has 0 aromatic heterocycles. The average Bonchev–Trinajstić information content (AvgIpc) is 3.45. The van der Waals surface area contributed by atoms with Gasteiger partial charge < -0.3 is 14.6 Å². The van der Waals surface area contributed by atoms with E-state index in [0.29, 0.717) is 6.42 Å². The number of hydrogen-bond donors (Lipinski definition) is 1. The van der Waals surface area contributed by atoms with Crippen molar-refractivity contribution in [3.05, 3.63) is 83.2 Å². The van der Waals surface area contributed by atoms with Crippen LogP contribution in [0.3, 0.4) is 0 Å². The maximum absolute atomic E-state index is 14.4. The molecule has 1 amide bonds. The molecule has 3 rings (SSSR count). The summed E-state index contributed by atoms with van der Waals surface area (Å²) in [7, 11) is -3.62. The van der Waals surface area contributed by atoms with Crippen LogP contribution in [0.4, 0.5) is 9.18 Å². The second kappa shape index (κ2) is 9.34. The predicted octanol–water partition coefficient (Wildman–Crippen LogP) is 6.12. The van der Waals surface area contributed by atoms with Gasteiger partial charge in [0.25, 0.3) is 0 Å². The van der Waals surface area contributed by atoms with Crippen LogP contribution in [-0.2, 0) is 26.6 Å². The van der Waals surface area contributed by atoms with E-state index in [0.717, 1.165) is 5.56 Å². The van der Waals surface area contributed by atoms with E-state index < -0.39 is 24.6 Å². The molecule has 1 aliphatic rings. The lowest BCUT2D eigenvalue weighted by Gasteiger charge is -2.29. The standard InChI is InChI=1S/C22H24ClFNO4P/c1-3-17-13-22(17,25-21(26)28-14-16-9-6-5-7-10-16)30(27,29-4-2)15-18-19(23)11-8-12-20(18)24/h3,5-12,17H,1,4,13-15H2,2H3,(H,25,26). The van der Waals surface area contributed by atoms with Crippen molar-refractivity contribution >= 4 is 25.1 Å². The summed E-state index contributed by atoms with van der Waals surface area (Å²) in [5.74, 6) is -0.857. The summed E-state index contributed by atoms with van der Waals surface area (Å²) in [6.07, 6.45) is 1.02. The third-order valence-corrected chi connectivity index (χ3v) is 8.78. The van der Waals surface area contributed by atoms with Gasteiger partial charge in [-0.25, -0.2) is 9.18 Å². The van der Waals surface area contributed by atoms with Crippen LogP contribution >= 0.6 is 19.0 Å². The molecule has 0 heterocycles. The Balaban J connectivity index is 1.83. The molecule has 0 radical (unpaired) electrons. The normalized spacial score (nSPS) is 22.0. The Hall–Kier alpha value is -2.14. The zero-order valence-corrected chi connectivity index (χ0v) is 18.3. The molecule has 1 saturated carbocycles. The Bertz CT molecular complexity index is 951. The van der Waals surface area contributed by atoms with Crippen molar-refractivity contribution in [3.8, 4) is 0 Å².